The number of phenols is 1. The Balaban J connectivity index is 2.16. The Kier molecular flexibility index (Phi) is 6.60. The summed E-state index contributed by atoms with van der Waals surface area (Å²) >= 11 is 7.14. The lowest BCUT2D eigenvalue weighted by molar-refractivity contribution is 0.0605. The third-order valence-electron chi connectivity index (χ3n) is 3.13. The molecule has 0 bridgehead atoms. The van der Waals surface area contributed by atoms with Gasteiger partial charge in [0.1, 0.15) is 4.88 Å². The van der Waals surface area contributed by atoms with Crippen LogP contribution < -0.4 is 10.2 Å². The van der Waals surface area contributed by atoms with Crippen LogP contribution in [0.4, 0.5) is 5.13 Å². The maximum Gasteiger partial charge on any atom is 0.350 e. The van der Waals surface area contributed by atoms with Crippen molar-refractivity contribution in [2.45, 2.75) is 20.3 Å². The Morgan fingerprint density at radius 2 is 2.24 bits per heavy atom. The normalized spacial score (nSPS) is 10.9. The smallest absolute Gasteiger partial charge is 0.350 e. The molecule has 134 valence electrons. The molecule has 1 heterocycles. The zero-order valence-corrected chi connectivity index (χ0v) is 15.6. The van der Waals surface area contributed by atoms with Crippen LogP contribution in [0.5, 0.6) is 11.5 Å². The van der Waals surface area contributed by atoms with Crippen LogP contribution in [0.15, 0.2) is 17.2 Å². The van der Waals surface area contributed by atoms with Crippen molar-refractivity contribution in [2.24, 2.45) is 5.10 Å². The molecule has 0 aliphatic carbocycles. The molecule has 0 saturated heterocycles. The SMILES string of the molecule is CCOc1cc(/C=N\Nc2nc(CC)c(C(=O)OC)s2)cc(Cl)c1O. The van der Waals surface area contributed by atoms with E-state index < -0.39 is 5.97 Å². The topological polar surface area (TPSA) is 93.0 Å². The van der Waals surface area contributed by atoms with E-state index in [1.165, 1.54) is 24.7 Å². The van der Waals surface area contributed by atoms with Gasteiger partial charge in [0.15, 0.2) is 11.5 Å². The van der Waals surface area contributed by atoms with Gasteiger partial charge in [-0.1, -0.05) is 29.9 Å². The van der Waals surface area contributed by atoms with Gasteiger partial charge in [0, 0.05) is 0 Å². The number of halogens is 1. The predicted molar refractivity (Wildman–Crippen MR) is 98.3 cm³/mol. The lowest BCUT2D eigenvalue weighted by Gasteiger charge is -2.08. The van der Waals surface area contributed by atoms with Crippen LogP contribution in [0.1, 0.15) is 34.8 Å². The maximum atomic E-state index is 11.7. The van der Waals surface area contributed by atoms with Gasteiger partial charge in [-0.05, 0) is 31.0 Å². The molecule has 0 unspecified atom stereocenters. The van der Waals surface area contributed by atoms with E-state index in [9.17, 15) is 9.90 Å². The molecule has 0 aliphatic rings. The standard InChI is InChI=1S/C16H18ClN3O4S/c1-4-11-14(15(22)23-3)25-16(19-11)20-18-8-9-6-10(17)13(21)12(7-9)24-5-2/h6-8,21H,4-5H2,1-3H3,(H,19,20)/b18-8-. The van der Waals surface area contributed by atoms with Gasteiger partial charge in [-0.2, -0.15) is 5.10 Å². The predicted octanol–water partition coefficient (Wildman–Crippen LogP) is 3.70. The molecule has 1 aromatic carbocycles. The third kappa shape index (κ3) is 4.61. The van der Waals surface area contributed by atoms with Crippen molar-refractivity contribution in [3.05, 3.63) is 33.3 Å². The average Bonchev–Trinajstić information content (AvgIpc) is 3.02. The number of carbonyl (C=O) groups excluding carboxylic acids is 1. The maximum absolute atomic E-state index is 11.7. The number of nitrogens with one attached hydrogen (secondary N) is 1. The zero-order valence-electron chi connectivity index (χ0n) is 14.0. The minimum atomic E-state index is -0.418. The molecule has 2 N–H and O–H groups in total. The fourth-order valence-electron chi connectivity index (χ4n) is 1.99. The second-order valence-electron chi connectivity index (χ2n) is 4.79. The fraction of sp³-hybridized carbons (Fsp3) is 0.312. The van der Waals surface area contributed by atoms with E-state index in [1.807, 2.05) is 13.8 Å². The van der Waals surface area contributed by atoms with E-state index in [1.54, 1.807) is 12.1 Å². The number of carbonyl (C=O) groups is 1. The van der Waals surface area contributed by atoms with Crippen LogP contribution in [0.25, 0.3) is 0 Å². The Morgan fingerprint density at radius 3 is 2.88 bits per heavy atom. The van der Waals surface area contributed by atoms with Crippen molar-refractivity contribution in [1.29, 1.82) is 0 Å². The number of nitrogens with zero attached hydrogens (tertiary/aromatic N) is 2. The van der Waals surface area contributed by atoms with E-state index in [0.29, 0.717) is 34.3 Å². The summed E-state index contributed by atoms with van der Waals surface area (Å²) < 4.78 is 10.1. The van der Waals surface area contributed by atoms with Gasteiger partial charge in [-0.3, -0.25) is 5.43 Å². The van der Waals surface area contributed by atoms with E-state index in [2.05, 4.69) is 15.5 Å². The van der Waals surface area contributed by atoms with E-state index in [-0.39, 0.29) is 16.5 Å². The number of aryl methyl sites for hydroxylation is 1. The summed E-state index contributed by atoms with van der Waals surface area (Å²) in [5.74, 6) is -0.242. The number of aromatic nitrogens is 1. The quantitative estimate of drug-likeness (QED) is 0.430. The van der Waals surface area contributed by atoms with Gasteiger partial charge in [-0.15, -0.1) is 0 Å². The molecule has 0 aliphatic heterocycles. The molecule has 2 aromatic rings. The highest BCUT2D eigenvalue weighted by Gasteiger charge is 2.17. The van der Waals surface area contributed by atoms with Gasteiger partial charge in [0.05, 0.1) is 30.6 Å². The first-order chi connectivity index (χ1) is 12.0. The molecule has 1 aromatic heterocycles. The van der Waals surface area contributed by atoms with Crippen LogP contribution in [0.3, 0.4) is 0 Å². The van der Waals surface area contributed by atoms with Crippen LogP contribution in [0.2, 0.25) is 5.02 Å². The van der Waals surface area contributed by atoms with Gasteiger partial charge in [0.25, 0.3) is 0 Å². The minimum absolute atomic E-state index is 0.108. The first-order valence-corrected chi connectivity index (χ1v) is 8.71. The number of anilines is 1. The van der Waals surface area contributed by atoms with Crippen molar-refractivity contribution in [3.63, 3.8) is 0 Å². The van der Waals surface area contributed by atoms with Crippen molar-refractivity contribution in [2.75, 3.05) is 19.1 Å². The van der Waals surface area contributed by atoms with Crippen LogP contribution >= 0.6 is 22.9 Å². The first kappa shape index (κ1) is 19.0. The zero-order chi connectivity index (χ0) is 18.4. The molecule has 7 nitrogen and oxygen atoms in total. The van der Waals surface area contributed by atoms with Gasteiger partial charge in [-0.25, -0.2) is 9.78 Å². The van der Waals surface area contributed by atoms with E-state index in [4.69, 9.17) is 21.1 Å². The van der Waals surface area contributed by atoms with Crippen molar-refractivity contribution >= 4 is 40.3 Å². The lowest BCUT2D eigenvalue weighted by atomic mass is 10.2. The number of benzene rings is 1. The summed E-state index contributed by atoms with van der Waals surface area (Å²) in [6, 6.07) is 3.18. The van der Waals surface area contributed by atoms with E-state index >= 15 is 0 Å². The lowest BCUT2D eigenvalue weighted by Crippen LogP contribution is -2.01. The van der Waals surface area contributed by atoms with Crippen molar-refractivity contribution < 1.29 is 19.4 Å². The van der Waals surface area contributed by atoms with Crippen LogP contribution in [-0.2, 0) is 11.2 Å². The number of thiazole rings is 1. The fourth-order valence-corrected chi connectivity index (χ4v) is 3.13. The van der Waals surface area contributed by atoms with Gasteiger partial charge in [0.2, 0.25) is 5.13 Å². The number of ether oxygens (including phenoxy) is 2. The van der Waals surface area contributed by atoms with Crippen molar-refractivity contribution in [1.82, 2.24) is 4.98 Å². The molecular weight excluding hydrogens is 366 g/mol. The van der Waals surface area contributed by atoms with Gasteiger partial charge < -0.3 is 14.6 Å². The summed E-state index contributed by atoms with van der Waals surface area (Å²) in [5, 5.41) is 14.6. The average molecular weight is 384 g/mol. The molecular formula is C16H18ClN3O4S. The highest BCUT2D eigenvalue weighted by atomic mass is 35.5. The monoisotopic (exact) mass is 383 g/mol. The Hall–Kier alpha value is -2.32. The second kappa shape index (κ2) is 8.68. The molecule has 0 spiro atoms. The van der Waals surface area contributed by atoms with Crippen LogP contribution in [0, 0.1) is 0 Å². The highest BCUT2D eigenvalue weighted by molar-refractivity contribution is 7.17. The molecule has 25 heavy (non-hydrogen) atoms. The molecule has 2 rings (SSSR count). The minimum Gasteiger partial charge on any atom is -0.503 e. The number of hydrogen-bond donors (Lipinski definition) is 2. The molecule has 0 radical (unpaired) electrons. The first-order valence-electron chi connectivity index (χ1n) is 7.52. The summed E-state index contributed by atoms with van der Waals surface area (Å²) in [6.45, 7) is 4.11. The summed E-state index contributed by atoms with van der Waals surface area (Å²) in [7, 11) is 1.33. The number of methoxy groups -OCH3 is 1. The van der Waals surface area contributed by atoms with E-state index in [0.717, 1.165) is 0 Å². The van der Waals surface area contributed by atoms with Crippen LogP contribution in [-0.4, -0.2) is 36.0 Å². The van der Waals surface area contributed by atoms with Crippen molar-refractivity contribution in [3.8, 4) is 11.5 Å². The largest absolute Gasteiger partial charge is 0.503 e. The third-order valence-corrected chi connectivity index (χ3v) is 4.40. The number of aromatic hydroxyl groups is 1. The molecule has 0 fully saturated rings. The Labute approximate surface area is 154 Å². The Bertz CT molecular complexity index is 792. The summed E-state index contributed by atoms with van der Waals surface area (Å²) in [4.78, 5) is 16.5. The number of hydrazone groups is 1. The summed E-state index contributed by atoms with van der Waals surface area (Å²) in [6.07, 6.45) is 2.12. The molecule has 0 atom stereocenters. The molecule has 0 saturated carbocycles. The summed E-state index contributed by atoms with van der Waals surface area (Å²) in [5.41, 5.74) is 4.07. The molecule has 0 amide bonds. The second-order valence-corrected chi connectivity index (χ2v) is 6.20. The molecule has 9 heteroatoms. The number of rotatable bonds is 7. The number of hydrogen-bond acceptors (Lipinski definition) is 8. The number of esters is 1. The Morgan fingerprint density at radius 1 is 1.48 bits per heavy atom. The van der Waals surface area contributed by atoms with Gasteiger partial charge >= 0.3 is 5.97 Å². The highest BCUT2D eigenvalue weighted by Crippen LogP contribution is 2.34. The number of phenolic OH excluding ortho intramolecular Hbond substituents is 1.